The smallest absolute Gasteiger partial charge is 0.293 e. The number of halogens is 1. The van der Waals surface area contributed by atoms with Gasteiger partial charge in [0, 0.05) is 24.5 Å². The Bertz CT molecular complexity index is 868. The number of hydrogen-bond donors (Lipinski definition) is 2. The summed E-state index contributed by atoms with van der Waals surface area (Å²) in [5, 5.41) is 5.68. The van der Waals surface area contributed by atoms with Gasteiger partial charge < -0.3 is 10.6 Å². The predicted octanol–water partition coefficient (Wildman–Crippen LogP) is 3.68. The monoisotopic (exact) mass is 465 g/mol. The number of thioether (sulfide) groups is 1. The lowest BCUT2D eigenvalue weighted by Gasteiger charge is -2.22. The van der Waals surface area contributed by atoms with E-state index in [1.54, 1.807) is 30.3 Å². The predicted molar refractivity (Wildman–Crippen MR) is 123 cm³/mol. The van der Waals surface area contributed by atoms with Gasteiger partial charge in [-0.05, 0) is 47.4 Å². The standard InChI is InChI=1S/C22H28ClN3O4S/c1-13(2)11-18(27)25-19(14(3)4)20(28)24-9-10-26-21(29)17(31-22(26)30)12-15-5-7-16(23)8-6-15/h5-8,12-14,19H,9-11H2,1-4H3,(H,24,28)(H,25,27)/b17-12+. The largest absolute Gasteiger partial charge is 0.353 e. The van der Waals surface area contributed by atoms with Crippen LogP contribution in [0.1, 0.15) is 39.7 Å². The van der Waals surface area contributed by atoms with Crippen molar-refractivity contribution in [2.24, 2.45) is 11.8 Å². The molecule has 0 bridgehead atoms. The molecule has 1 heterocycles. The number of hydrogen-bond acceptors (Lipinski definition) is 5. The van der Waals surface area contributed by atoms with E-state index < -0.39 is 11.9 Å². The van der Waals surface area contributed by atoms with Gasteiger partial charge in [-0.15, -0.1) is 0 Å². The topological polar surface area (TPSA) is 95.6 Å². The molecule has 0 saturated carbocycles. The lowest BCUT2D eigenvalue weighted by Crippen LogP contribution is -2.51. The van der Waals surface area contributed by atoms with Crippen LogP contribution in [0, 0.1) is 11.8 Å². The van der Waals surface area contributed by atoms with Crippen LogP contribution in [0.3, 0.4) is 0 Å². The molecule has 0 spiro atoms. The zero-order valence-electron chi connectivity index (χ0n) is 18.1. The van der Waals surface area contributed by atoms with Crippen molar-refractivity contribution in [2.75, 3.05) is 13.1 Å². The number of nitrogens with zero attached hydrogens (tertiary/aromatic N) is 1. The van der Waals surface area contributed by atoms with Gasteiger partial charge in [0.1, 0.15) is 6.04 Å². The highest BCUT2D eigenvalue weighted by Crippen LogP contribution is 2.32. The van der Waals surface area contributed by atoms with Crippen LogP contribution < -0.4 is 10.6 Å². The minimum absolute atomic E-state index is 0.0547. The van der Waals surface area contributed by atoms with Gasteiger partial charge in [-0.1, -0.05) is 51.4 Å². The molecule has 1 aromatic rings. The van der Waals surface area contributed by atoms with Crippen LogP contribution in [0.5, 0.6) is 0 Å². The zero-order chi connectivity index (χ0) is 23.1. The SMILES string of the molecule is CC(C)CC(=O)NC(C(=O)NCCN1C(=O)S/C(=C/c2ccc(Cl)cc2)C1=O)C(C)C. The summed E-state index contributed by atoms with van der Waals surface area (Å²) in [4.78, 5) is 50.8. The molecule has 0 radical (unpaired) electrons. The maximum absolute atomic E-state index is 12.6. The molecule has 1 aromatic carbocycles. The molecule has 1 fully saturated rings. The minimum Gasteiger partial charge on any atom is -0.353 e. The Morgan fingerprint density at radius 3 is 2.35 bits per heavy atom. The maximum Gasteiger partial charge on any atom is 0.293 e. The van der Waals surface area contributed by atoms with Crippen LogP contribution in [0.15, 0.2) is 29.2 Å². The Balaban J connectivity index is 1.92. The van der Waals surface area contributed by atoms with Crippen LogP contribution in [-0.2, 0) is 14.4 Å². The number of benzene rings is 1. The van der Waals surface area contributed by atoms with Crippen LogP contribution in [0.25, 0.3) is 6.08 Å². The Labute approximate surface area is 192 Å². The Morgan fingerprint density at radius 2 is 1.77 bits per heavy atom. The molecular formula is C22H28ClN3O4S. The lowest BCUT2D eigenvalue weighted by molar-refractivity contribution is -0.130. The second-order valence-corrected chi connectivity index (χ2v) is 9.49. The zero-order valence-corrected chi connectivity index (χ0v) is 19.7. The fourth-order valence-electron chi connectivity index (χ4n) is 2.94. The van der Waals surface area contributed by atoms with E-state index in [-0.39, 0.29) is 42.0 Å². The van der Waals surface area contributed by atoms with Gasteiger partial charge in [0.15, 0.2) is 0 Å². The summed E-state index contributed by atoms with van der Waals surface area (Å²) in [5.74, 6) is -0.825. The molecule has 9 heteroatoms. The second-order valence-electron chi connectivity index (χ2n) is 8.06. The van der Waals surface area contributed by atoms with Crippen LogP contribution in [0.4, 0.5) is 4.79 Å². The van der Waals surface area contributed by atoms with E-state index in [1.165, 1.54) is 0 Å². The quantitative estimate of drug-likeness (QED) is 0.542. The Morgan fingerprint density at radius 1 is 1.13 bits per heavy atom. The summed E-state index contributed by atoms with van der Waals surface area (Å²) in [5.41, 5.74) is 0.764. The highest BCUT2D eigenvalue weighted by Gasteiger charge is 2.35. The third-order valence-corrected chi connectivity index (χ3v) is 5.69. The number of rotatable bonds is 9. The highest BCUT2D eigenvalue weighted by molar-refractivity contribution is 8.18. The molecule has 168 valence electrons. The molecule has 1 aliphatic heterocycles. The fraction of sp³-hybridized carbons (Fsp3) is 0.455. The third-order valence-electron chi connectivity index (χ3n) is 4.54. The average molecular weight is 466 g/mol. The number of carbonyl (C=O) groups excluding carboxylic acids is 4. The molecule has 1 aliphatic rings. The van der Waals surface area contributed by atoms with Crippen molar-refractivity contribution in [1.82, 2.24) is 15.5 Å². The Kier molecular flexibility index (Phi) is 9.13. The summed E-state index contributed by atoms with van der Waals surface area (Å²) in [6.07, 6.45) is 1.98. The first-order valence-electron chi connectivity index (χ1n) is 10.2. The van der Waals surface area contributed by atoms with E-state index in [9.17, 15) is 19.2 Å². The van der Waals surface area contributed by atoms with Gasteiger partial charge >= 0.3 is 0 Å². The molecule has 31 heavy (non-hydrogen) atoms. The summed E-state index contributed by atoms with van der Waals surface area (Å²) >= 11 is 6.73. The van der Waals surface area contributed by atoms with Crippen LogP contribution >= 0.6 is 23.4 Å². The first kappa shape index (κ1) is 24.9. The molecular weight excluding hydrogens is 438 g/mol. The van der Waals surface area contributed by atoms with E-state index in [2.05, 4.69) is 10.6 Å². The number of carbonyl (C=O) groups is 4. The first-order chi connectivity index (χ1) is 14.6. The number of amides is 4. The average Bonchev–Trinajstić information content (AvgIpc) is 2.94. The molecule has 4 amide bonds. The van der Waals surface area contributed by atoms with Gasteiger partial charge in [0.25, 0.3) is 11.1 Å². The Hall–Kier alpha value is -2.32. The summed E-state index contributed by atoms with van der Waals surface area (Å²) in [6.45, 7) is 7.72. The van der Waals surface area contributed by atoms with Gasteiger partial charge in [0.2, 0.25) is 11.8 Å². The lowest BCUT2D eigenvalue weighted by atomic mass is 10.0. The summed E-state index contributed by atoms with van der Waals surface area (Å²) in [7, 11) is 0. The van der Waals surface area contributed by atoms with Crippen molar-refractivity contribution in [3.05, 3.63) is 39.8 Å². The minimum atomic E-state index is -0.675. The molecule has 2 N–H and O–H groups in total. The molecule has 1 atom stereocenters. The van der Waals surface area contributed by atoms with Gasteiger partial charge in [-0.25, -0.2) is 0 Å². The third kappa shape index (κ3) is 7.40. The first-order valence-corrected chi connectivity index (χ1v) is 11.4. The van der Waals surface area contributed by atoms with Crippen molar-refractivity contribution < 1.29 is 19.2 Å². The fourth-order valence-corrected chi connectivity index (χ4v) is 3.93. The van der Waals surface area contributed by atoms with E-state index in [0.717, 1.165) is 22.2 Å². The van der Waals surface area contributed by atoms with Crippen molar-refractivity contribution in [1.29, 1.82) is 0 Å². The van der Waals surface area contributed by atoms with E-state index in [1.807, 2.05) is 27.7 Å². The van der Waals surface area contributed by atoms with E-state index in [0.29, 0.717) is 16.3 Å². The van der Waals surface area contributed by atoms with Crippen molar-refractivity contribution in [3.63, 3.8) is 0 Å². The number of nitrogens with one attached hydrogen (secondary N) is 2. The van der Waals surface area contributed by atoms with Crippen LogP contribution in [-0.4, -0.2) is 47.0 Å². The highest BCUT2D eigenvalue weighted by atomic mass is 35.5. The van der Waals surface area contributed by atoms with Gasteiger partial charge in [-0.2, -0.15) is 0 Å². The van der Waals surface area contributed by atoms with Gasteiger partial charge in [-0.3, -0.25) is 24.1 Å². The molecule has 1 saturated heterocycles. The van der Waals surface area contributed by atoms with Crippen molar-refractivity contribution in [3.8, 4) is 0 Å². The molecule has 0 aliphatic carbocycles. The summed E-state index contributed by atoms with van der Waals surface area (Å²) in [6, 6.07) is 6.26. The van der Waals surface area contributed by atoms with Crippen molar-refractivity contribution in [2.45, 2.75) is 40.2 Å². The summed E-state index contributed by atoms with van der Waals surface area (Å²) < 4.78 is 0. The number of imide groups is 1. The van der Waals surface area contributed by atoms with Gasteiger partial charge in [0.05, 0.1) is 4.91 Å². The van der Waals surface area contributed by atoms with Crippen molar-refractivity contribution >= 4 is 52.4 Å². The molecule has 2 rings (SSSR count). The molecule has 1 unspecified atom stereocenters. The van der Waals surface area contributed by atoms with E-state index in [4.69, 9.17) is 11.6 Å². The second kappa shape index (κ2) is 11.3. The molecule has 7 nitrogen and oxygen atoms in total. The molecule has 0 aromatic heterocycles. The normalized spacial score (nSPS) is 16.4. The van der Waals surface area contributed by atoms with Crippen LogP contribution in [0.2, 0.25) is 5.02 Å². The maximum atomic E-state index is 12.6. The van der Waals surface area contributed by atoms with E-state index >= 15 is 0 Å².